The maximum Gasteiger partial charge on any atom is 0.266 e. The zero-order valence-electron chi connectivity index (χ0n) is 13.6. The number of hydrogen-bond donors (Lipinski definition) is 1. The van der Waals surface area contributed by atoms with Crippen LogP contribution in [0.1, 0.15) is 12.8 Å². The lowest BCUT2D eigenvalue weighted by atomic mass is 10.2. The van der Waals surface area contributed by atoms with E-state index >= 15 is 0 Å². The van der Waals surface area contributed by atoms with Crippen LogP contribution in [0.3, 0.4) is 0 Å². The van der Waals surface area contributed by atoms with Crippen molar-refractivity contribution >= 4 is 23.1 Å². The Morgan fingerprint density at radius 3 is 2.96 bits per heavy atom. The Morgan fingerprint density at radius 2 is 2.12 bits per heavy atom. The zero-order chi connectivity index (χ0) is 17.2. The van der Waals surface area contributed by atoms with Gasteiger partial charge in [-0.15, -0.1) is 0 Å². The first-order chi connectivity index (χ1) is 12.2. The van der Waals surface area contributed by atoms with Gasteiger partial charge in [-0.2, -0.15) is 0 Å². The fourth-order valence-electron chi connectivity index (χ4n) is 3.07. The van der Waals surface area contributed by atoms with Crippen LogP contribution in [-0.4, -0.2) is 28.9 Å². The van der Waals surface area contributed by atoms with Crippen molar-refractivity contribution in [2.45, 2.75) is 18.9 Å². The van der Waals surface area contributed by atoms with E-state index in [1.165, 1.54) is 4.57 Å². The smallest absolute Gasteiger partial charge is 0.266 e. The molecule has 6 heteroatoms. The Hall–Kier alpha value is -2.44. The van der Waals surface area contributed by atoms with Gasteiger partial charge in [0.2, 0.25) is 0 Å². The number of para-hydroxylation sites is 1. The largest absolute Gasteiger partial charge is 0.491 e. The second-order valence-corrected chi connectivity index (χ2v) is 6.45. The molecular weight excluding hydrogens is 336 g/mol. The number of hydrogen-bond acceptors (Lipinski definition) is 4. The van der Waals surface area contributed by atoms with Gasteiger partial charge in [0.1, 0.15) is 12.4 Å². The number of aromatic amines is 1. The Morgan fingerprint density at radius 1 is 1.24 bits per heavy atom. The lowest BCUT2D eigenvalue weighted by Gasteiger charge is -2.13. The number of rotatable bonds is 4. The van der Waals surface area contributed by atoms with E-state index in [9.17, 15) is 4.79 Å². The third kappa shape index (κ3) is 3.23. The van der Waals surface area contributed by atoms with Crippen LogP contribution in [0.5, 0.6) is 5.75 Å². The number of nitrogens with zero attached hydrogens (tertiary/aromatic N) is 1. The molecule has 1 unspecified atom stereocenters. The van der Waals surface area contributed by atoms with E-state index in [-0.39, 0.29) is 11.7 Å². The highest BCUT2D eigenvalue weighted by Gasteiger charge is 2.16. The van der Waals surface area contributed by atoms with Gasteiger partial charge in [-0.1, -0.05) is 18.2 Å². The lowest BCUT2D eigenvalue weighted by Crippen LogP contribution is -2.20. The molecule has 0 saturated carbocycles. The summed E-state index contributed by atoms with van der Waals surface area (Å²) in [7, 11) is 0. The molecule has 4 rings (SSSR count). The summed E-state index contributed by atoms with van der Waals surface area (Å²) in [5.74, 6) is 0.697. The molecule has 0 amide bonds. The first-order valence-corrected chi connectivity index (χ1v) is 8.72. The van der Waals surface area contributed by atoms with Gasteiger partial charge in [0, 0.05) is 12.7 Å². The fraction of sp³-hybridized carbons (Fsp3) is 0.263. The molecule has 5 nitrogen and oxygen atoms in total. The molecule has 1 aliphatic heterocycles. The molecule has 128 valence electrons. The molecule has 1 fully saturated rings. The molecular formula is C19H18N2O3S. The van der Waals surface area contributed by atoms with E-state index < -0.39 is 0 Å². The van der Waals surface area contributed by atoms with Gasteiger partial charge < -0.3 is 14.5 Å². The molecule has 2 aromatic carbocycles. The van der Waals surface area contributed by atoms with E-state index in [1.807, 2.05) is 42.5 Å². The van der Waals surface area contributed by atoms with Crippen LogP contribution < -0.4 is 10.3 Å². The molecule has 1 saturated heterocycles. The topological polar surface area (TPSA) is 56.2 Å². The monoisotopic (exact) mass is 354 g/mol. The molecule has 1 aromatic heterocycles. The molecule has 0 radical (unpaired) electrons. The quantitative estimate of drug-likeness (QED) is 0.727. The van der Waals surface area contributed by atoms with Gasteiger partial charge in [-0.05, 0) is 49.3 Å². The molecule has 0 aliphatic carbocycles. The average Bonchev–Trinajstić information content (AvgIpc) is 3.14. The Balaban J connectivity index is 1.70. The maximum absolute atomic E-state index is 12.8. The minimum Gasteiger partial charge on any atom is -0.491 e. The lowest BCUT2D eigenvalue weighted by molar-refractivity contribution is 0.0679. The molecule has 1 N–H and O–H groups in total. The van der Waals surface area contributed by atoms with E-state index in [0.29, 0.717) is 28.2 Å². The van der Waals surface area contributed by atoms with Crippen molar-refractivity contribution in [1.29, 1.82) is 0 Å². The summed E-state index contributed by atoms with van der Waals surface area (Å²) in [6.07, 6.45) is 2.25. The summed E-state index contributed by atoms with van der Waals surface area (Å²) in [5.41, 5.74) is 1.28. The molecule has 3 aromatic rings. The highest BCUT2D eigenvalue weighted by atomic mass is 32.1. The number of H-pyrrole nitrogens is 1. The number of benzene rings is 2. The Bertz CT molecular complexity index is 1020. The molecule has 0 spiro atoms. The van der Waals surface area contributed by atoms with Crippen molar-refractivity contribution in [3.8, 4) is 11.4 Å². The normalized spacial score (nSPS) is 17.0. The van der Waals surface area contributed by atoms with Crippen LogP contribution in [0.2, 0.25) is 0 Å². The number of nitrogens with one attached hydrogen (secondary N) is 1. The SMILES string of the molecule is O=c1c2ccccc2[nH]c(=S)n1-c1cccc(OCC2CCCO2)c1. The fourth-order valence-corrected chi connectivity index (χ4v) is 3.37. The summed E-state index contributed by atoms with van der Waals surface area (Å²) in [4.78, 5) is 16.0. The van der Waals surface area contributed by atoms with Crippen molar-refractivity contribution in [1.82, 2.24) is 9.55 Å². The first kappa shape index (κ1) is 16.1. The van der Waals surface area contributed by atoms with Crippen molar-refractivity contribution in [3.63, 3.8) is 0 Å². The predicted molar refractivity (Wildman–Crippen MR) is 99.2 cm³/mol. The summed E-state index contributed by atoms with van der Waals surface area (Å²) < 4.78 is 13.3. The summed E-state index contributed by atoms with van der Waals surface area (Å²) >= 11 is 5.39. The maximum atomic E-state index is 12.8. The van der Waals surface area contributed by atoms with Gasteiger partial charge in [0.05, 0.1) is 22.7 Å². The number of aromatic nitrogens is 2. The Labute approximate surface area is 149 Å². The minimum absolute atomic E-state index is 0.143. The summed E-state index contributed by atoms with van der Waals surface area (Å²) in [5, 5.41) is 0.599. The molecule has 2 heterocycles. The van der Waals surface area contributed by atoms with Gasteiger partial charge in [-0.25, -0.2) is 0 Å². The van der Waals surface area contributed by atoms with E-state index in [0.717, 1.165) is 25.0 Å². The molecule has 1 atom stereocenters. The van der Waals surface area contributed by atoms with Gasteiger partial charge >= 0.3 is 0 Å². The van der Waals surface area contributed by atoms with Crippen LogP contribution in [0.4, 0.5) is 0 Å². The number of fused-ring (bicyclic) bond motifs is 1. The minimum atomic E-state index is -0.143. The van der Waals surface area contributed by atoms with E-state index in [4.69, 9.17) is 21.7 Å². The van der Waals surface area contributed by atoms with Crippen molar-refractivity contribution in [2.24, 2.45) is 0 Å². The molecule has 1 aliphatic rings. The average molecular weight is 354 g/mol. The molecule has 0 bridgehead atoms. The summed E-state index contributed by atoms with van der Waals surface area (Å²) in [6.45, 7) is 1.32. The molecule has 25 heavy (non-hydrogen) atoms. The van der Waals surface area contributed by atoms with Crippen LogP contribution in [0.25, 0.3) is 16.6 Å². The van der Waals surface area contributed by atoms with Crippen LogP contribution in [0, 0.1) is 4.77 Å². The van der Waals surface area contributed by atoms with Crippen molar-refractivity contribution < 1.29 is 9.47 Å². The van der Waals surface area contributed by atoms with Crippen molar-refractivity contribution in [3.05, 3.63) is 63.7 Å². The van der Waals surface area contributed by atoms with Gasteiger partial charge in [0.15, 0.2) is 4.77 Å². The third-order valence-corrected chi connectivity index (χ3v) is 4.63. The van der Waals surface area contributed by atoms with Crippen molar-refractivity contribution in [2.75, 3.05) is 13.2 Å². The van der Waals surface area contributed by atoms with E-state index in [2.05, 4.69) is 4.98 Å². The summed E-state index contributed by atoms with van der Waals surface area (Å²) in [6, 6.07) is 14.7. The second kappa shape index (κ2) is 6.82. The second-order valence-electron chi connectivity index (χ2n) is 6.06. The van der Waals surface area contributed by atoms with E-state index in [1.54, 1.807) is 6.07 Å². The standard InChI is InChI=1S/C19H18N2O3S/c22-18-16-8-1-2-9-17(16)20-19(25)21(18)13-5-3-6-14(11-13)24-12-15-7-4-10-23-15/h1-3,5-6,8-9,11,15H,4,7,10,12H2,(H,20,25). The third-order valence-electron chi connectivity index (χ3n) is 4.34. The van der Waals surface area contributed by atoms with Crippen LogP contribution in [0.15, 0.2) is 53.3 Å². The Kier molecular flexibility index (Phi) is 4.38. The first-order valence-electron chi connectivity index (χ1n) is 8.31. The highest BCUT2D eigenvalue weighted by Crippen LogP contribution is 2.19. The van der Waals surface area contributed by atoms with Gasteiger partial charge in [-0.3, -0.25) is 9.36 Å². The predicted octanol–water partition coefficient (Wildman–Crippen LogP) is 3.61. The number of ether oxygens (including phenoxy) is 2. The van der Waals surface area contributed by atoms with Gasteiger partial charge in [0.25, 0.3) is 5.56 Å². The highest BCUT2D eigenvalue weighted by molar-refractivity contribution is 7.71. The van der Waals surface area contributed by atoms with Crippen LogP contribution >= 0.6 is 12.2 Å². The van der Waals surface area contributed by atoms with Crippen LogP contribution in [-0.2, 0) is 4.74 Å². The zero-order valence-corrected chi connectivity index (χ0v) is 14.4.